The number of H-pyrrole nitrogens is 1. The quantitative estimate of drug-likeness (QED) is 0.705. The van der Waals surface area contributed by atoms with Crippen molar-refractivity contribution in [1.29, 1.82) is 0 Å². The third kappa shape index (κ3) is 3.58. The Kier molecular flexibility index (Phi) is 4.90. The number of aryl methyl sites for hydroxylation is 1. The van der Waals surface area contributed by atoms with E-state index in [0.29, 0.717) is 5.56 Å². The molecule has 3 rings (SSSR count). The molecular weight excluding hydrogens is 382 g/mol. The predicted molar refractivity (Wildman–Crippen MR) is 101 cm³/mol. The fourth-order valence-electron chi connectivity index (χ4n) is 2.84. The molecule has 1 aromatic heterocycles. The molecule has 5 nitrogen and oxygen atoms in total. The summed E-state index contributed by atoms with van der Waals surface area (Å²) in [6.07, 6.45) is 0. The van der Waals surface area contributed by atoms with Crippen LogP contribution in [0.15, 0.2) is 63.9 Å². The number of rotatable bonds is 4. The fraction of sp³-hybridized carbons (Fsp3) is 0.158. The van der Waals surface area contributed by atoms with Crippen LogP contribution in [0, 0.1) is 6.92 Å². The number of carbonyl (C=O) groups is 1. The topological polar surface area (TPSA) is 66.9 Å². The van der Waals surface area contributed by atoms with Gasteiger partial charge < -0.3 is 5.32 Å². The number of carbonyl (C=O) groups excluding carboxylic acids is 1. The molecule has 1 atom stereocenters. The molecule has 0 spiro atoms. The minimum Gasteiger partial charge on any atom is -0.345 e. The van der Waals surface area contributed by atoms with Crippen molar-refractivity contribution in [1.82, 2.24) is 15.1 Å². The SMILES string of the molecule is CC(=O)NC(c1ccc(Br)cc1)c1c(C)[nH]n(-c2ccccc2)c1=O. The zero-order valence-corrected chi connectivity index (χ0v) is 15.5. The molecule has 1 unspecified atom stereocenters. The summed E-state index contributed by atoms with van der Waals surface area (Å²) in [5.74, 6) is -0.195. The zero-order chi connectivity index (χ0) is 18.0. The lowest BCUT2D eigenvalue weighted by Gasteiger charge is -2.17. The molecule has 128 valence electrons. The molecule has 0 aliphatic rings. The van der Waals surface area contributed by atoms with Crippen LogP contribution in [0.5, 0.6) is 0 Å². The van der Waals surface area contributed by atoms with E-state index in [-0.39, 0.29) is 11.5 Å². The van der Waals surface area contributed by atoms with Gasteiger partial charge in [0.2, 0.25) is 5.91 Å². The second-order valence-electron chi connectivity index (χ2n) is 5.81. The number of hydrogen-bond acceptors (Lipinski definition) is 2. The molecule has 0 saturated carbocycles. The summed E-state index contributed by atoms with van der Waals surface area (Å²) in [5, 5.41) is 6.00. The van der Waals surface area contributed by atoms with E-state index in [4.69, 9.17) is 0 Å². The molecule has 25 heavy (non-hydrogen) atoms. The van der Waals surface area contributed by atoms with E-state index in [1.807, 2.05) is 61.5 Å². The second kappa shape index (κ2) is 7.11. The van der Waals surface area contributed by atoms with Gasteiger partial charge in [0.05, 0.1) is 17.3 Å². The number of halogens is 1. The first-order valence-electron chi connectivity index (χ1n) is 7.87. The summed E-state index contributed by atoms with van der Waals surface area (Å²) in [7, 11) is 0. The van der Waals surface area contributed by atoms with Gasteiger partial charge in [0.1, 0.15) is 0 Å². The predicted octanol–water partition coefficient (Wildman–Crippen LogP) is 3.46. The van der Waals surface area contributed by atoms with Crippen molar-refractivity contribution in [2.45, 2.75) is 19.9 Å². The van der Waals surface area contributed by atoms with E-state index < -0.39 is 6.04 Å². The highest BCUT2D eigenvalue weighted by molar-refractivity contribution is 9.10. The second-order valence-corrected chi connectivity index (χ2v) is 6.73. The van der Waals surface area contributed by atoms with Gasteiger partial charge in [0.15, 0.2) is 0 Å². The lowest BCUT2D eigenvalue weighted by molar-refractivity contribution is -0.119. The van der Waals surface area contributed by atoms with E-state index in [9.17, 15) is 9.59 Å². The first kappa shape index (κ1) is 17.2. The van der Waals surface area contributed by atoms with Crippen molar-refractivity contribution >= 4 is 21.8 Å². The molecule has 6 heteroatoms. The highest BCUT2D eigenvalue weighted by atomic mass is 79.9. The van der Waals surface area contributed by atoms with Gasteiger partial charge >= 0.3 is 0 Å². The molecule has 1 amide bonds. The average Bonchev–Trinajstić information content (AvgIpc) is 2.89. The van der Waals surface area contributed by atoms with Crippen LogP contribution >= 0.6 is 15.9 Å². The van der Waals surface area contributed by atoms with Crippen LogP contribution in [0.4, 0.5) is 0 Å². The average molecular weight is 400 g/mol. The Hall–Kier alpha value is -2.60. The highest BCUT2D eigenvalue weighted by Gasteiger charge is 2.24. The fourth-order valence-corrected chi connectivity index (χ4v) is 3.10. The monoisotopic (exact) mass is 399 g/mol. The van der Waals surface area contributed by atoms with Crippen LogP contribution in [0.3, 0.4) is 0 Å². The Balaban J connectivity index is 2.13. The van der Waals surface area contributed by atoms with Crippen molar-refractivity contribution in [2.75, 3.05) is 0 Å². The van der Waals surface area contributed by atoms with E-state index in [1.54, 1.807) is 0 Å². The Morgan fingerprint density at radius 2 is 1.76 bits per heavy atom. The van der Waals surface area contributed by atoms with Crippen LogP contribution in [-0.4, -0.2) is 15.7 Å². The first-order chi connectivity index (χ1) is 12.0. The van der Waals surface area contributed by atoms with Crippen LogP contribution in [0.25, 0.3) is 5.69 Å². The van der Waals surface area contributed by atoms with E-state index in [2.05, 4.69) is 26.3 Å². The maximum atomic E-state index is 13.0. The van der Waals surface area contributed by atoms with E-state index in [1.165, 1.54) is 11.6 Å². The smallest absolute Gasteiger partial charge is 0.277 e. The third-order valence-corrected chi connectivity index (χ3v) is 4.50. The van der Waals surface area contributed by atoms with E-state index >= 15 is 0 Å². The maximum Gasteiger partial charge on any atom is 0.277 e. The van der Waals surface area contributed by atoms with Crippen molar-refractivity contribution in [2.24, 2.45) is 0 Å². The molecule has 0 fully saturated rings. The van der Waals surface area contributed by atoms with Crippen molar-refractivity contribution in [3.63, 3.8) is 0 Å². The van der Waals surface area contributed by atoms with Crippen LogP contribution in [0.2, 0.25) is 0 Å². The van der Waals surface area contributed by atoms with Gasteiger partial charge in [-0.25, -0.2) is 4.68 Å². The maximum absolute atomic E-state index is 13.0. The van der Waals surface area contributed by atoms with Crippen LogP contribution in [-0.2, 0) is 4.79 Å². The van der Waals surface area contributed by atoms with Crippen molar-refractivity contribution < 1.29 is 4.79 Å². The van der Waals surface area contributed by atoms with Gasteiger partial charge in [-0.15, -0.1) is 0 Å². The number of nitrogens with zero attached hydrogens (tertiary/aromatic N) is 1. The lowest BCUT2D eigenvalue weighted by Crippen LogP contribution is -2.31. The van der Waals surface area contributed by atoms with Crippen molar-refractivity contribution in [3.8, 4) is 5.69 Å². The number of nitrogens with one attached hydrogen (secondary N) is 2. The van der Waals surface area contributed by atoms with Crippen LogP contribution in [0.1, 0.15) is 29.8 Å². The molecule has 0 saturated heterocycles. The van der Waals surface area contributed by atoms with E-state index in [0.717, 1.165) is 21.4 Å². The molecular formula is C19H18BrN3O2. The molecule has 3 aromatic rings. The lowest BCUT2D eigenvalue weighted by atomic mass is 9.99. The Morgan fingerprint density at radius 1 is 1.12 bits per heavy atom. The minimum atomic E-state index is -0.515. The molecule has 0 aliphatic carbocycles. The number of hydrogen-bond donors (Lipinski definition) is 2. The summed E-state index contributed by atoms with van der Waals surface area (Å²) in [6.45, 7) is 3.29. The zero-order valence-electron chi connectivity index (χ0n) is 13.9. The number of aromatic amines is 1. The summed E-state index contributed by atoms with van der Waals surface area (Å²) in [4.78, 5) is 24.8. The van der Waals surface area contributed by atoms with Gasteiger partial charge in [-0.1, -0.05) is 46.3 Å². The summed E-state index contributed by atoms with van der Waals surface area (Å²) in [5.41, 5.74) is 2.67. The number of para-hydroxylation sites is 1. The normalized spacial score (nSPS) is 12.0. The Bertz CT molecular complexity index is 943. The molecule has 0 aliphatic heterocycles. The van der Waals surface area contributed by atoms with Gasteiger partial charge in [-0.3, -0.25) is 14.7 Å². The number of amides is 1. The number of aromatic nitrogens is 2. The van der Waals surface area contributed by atoms with Gasteiger partial charge in [-0.05, 0) is 36.8 Å². The Labute approximate surface area is 153 Å². The molecule has 0 bridgehead atoms. The summed E-state index contributed by atoms with van der Waals surface area (Å²) >= 11 is 3.41. The largest absolute Gasteiger partial charge is 0.345 e. The first-order valence-corrected chi connectivity index (χ1v) is 8.66. The van der Waals surface area contributed by atoms with Crippen molar-refractivity contribution in [3.05, 3.63) is 86.2 Å². The molecule has 2 N–H and O–H groups in total. The standard InChI is InChI=1S/C19H18BrN3O2/c1-12-17(19(25)23(22-12)16-6-4-3-5-7-16)18(21-13(2)24)14-8-10-15(20)11-9-14/h3-11,18,22H,1-2H3,(H,21,24). The highest BCUT2D eigenvalue weighted by Crippen LogP contribution is 2.24. The third-order valence-electron chi connectivity index (χ3n) is 3.97. The van der Waals surface area contributed by atoms with Crippen LogP contribution < -0.4 is 10.9 Å². The molecule has 1 heterocycles. The number of benzene rings is 2. The summed E-state index contributed by atoms with van der Waals surface area (Å²) in [6, 6.07) is 16.4. The van der Waals surface area contributed by atoms with Gasteiger partial charge in [0, 0.05) is 17.1 Å². The minimum absolute atomic E-state index is 0.176. The molecule has 0 radical (unpaired) electrons. The van der Waals surface area contributed by atoms with Gasteiger partial charge in [-0.2, -0.15) is 0 Å². The van der Waals surface area contributed by atoms with Gasteiger partial charge in [0.25, 0.3) is 5.56 Å². The summed E-state index contributed by atoms with van der Waals surface area (Å²) < 4.78 is 2.43. The molecule has 2 aromatic carbocycles. The Morgan fingerprint density at radius 3 is 2.36 bits per heavy atom.